The highest BCUT2D eigenvalue weighted by Crippen LogP contribution is 2.12. The third-order valence-corrected chi connectivity index (χ3v) is 3.08. The highest BCUT2D eigenvalue weighted by atomic mass is 16.4. The molecule has 0 aliphatic carbocycles. The van der Waals surface area contributed by atoms with Crippen molar-refractivity contribution in [2.75, 3.05) is 13.1 Å². The lowest BCUT2D eigenvalue weighted by atomic mass is 10.0. The SMILES string of the molecule is CC(C)N(CCC(=O)O)C(=O)[C@@H]1CCCCN1. The van der Waals surface area contributed by atoms with Crippen LogP contribution in [0.2, 0.25) is 0 Å². The Morgan fingerprint density at radius 2 is 2.12 bits per heavy atom. The van der Waals surface area contributed by atoms with E-state index >= 15 is 0 Å². The van der Waals surface area contributed by atoms with Crippen molar-refractivity contribution in [1.82, 2.24) is 10.2 Å². The number of aliphatic carboxylic acids is 1. The predicted octanol–water partition coefficient (Wildman–Crippen LogP) is 0.840. The number of carboxylic acid groups (broad SMARTS) is 1. The Kier molecular flexibility index (Phi) is 5.41. The van der Waals surface area contributed by atoms with Crippen LogP contribution in [0.3, 0.4) is 0 Å². The first-order valence-electron chi connectivity index (χ1n) is 6.28. The van der Waals surface area contributed by atoms with Gasteiger partial charge in [-0.1, -0.05) is 6.42 Å². The number of hydrogen-bond donors (Lipinski definition) is 2. The van der Waals surface area contributed by atoms with E-state index in [4.69, 9.17) is 5.11 Å². The third kappa shape index (κ3) is 4.34. The molecule has 0 aromatic carbocycles. The molecule has 1 amide bonds. The number of carbonyl (C=O) groups is 2. The normalized spacial score (nSPS) is 20.3. The van der Waals surface area contributed by atoms with Crippen molar-refractivity contribution in [3.8, 4) is 0 Å². The van der Waals surface area contributed by atoms with Gasteiger partial charge < -0.3 is 15.3 Å². The van der Waals surface area contributed by atoms with Crippen LogP contribution < -0.4 is 5.32 Å². The molecule has 0 unspecified atom stereocenters. The Bertz CT molecular complexity index is 273. The maximum atomic E-state index is 12.2. The fourth-order valence-corrected chi connectivity index (χ4v) is 2.10. The molecule has 1 heterocycles. The Morgan fingerprint density at radius 3 is 2.59 bits per heavy atom. The number of rotatable bonds is 5. The number of nitrogens with zero attached hydrogens (tertiary/aromatic N) is 1. The Labute approximate surface area is 102 Å². The van der Waals surface area contributed by atoms with Gasteiger partial charge in [-0.15, -0.1) is 0 Å². The van der Waals surface area contributed by atoms with Crippen LogP contribution >= 0.6 is 0 Å². The van der Waals surface area contributed by atoms with E-state index in [-0.39, 0.29) is 24.4 Å². The highest BCUT2D eigenvalue weighted by molar-refractivity contribution is 5.82. The van der Waals surface area contributed by atoms with Crippen molar-refractivity contribution in [2.45, 2.75) is 51.6 Å². The first kappa shape index (κ1) is 14.0. The zero-order valence-electron chi connectivity index (χ0n) is 10.6. The molecule has 0 spiro atoms. The van der Waals surface area contributed by atoms with E-state index in [1.165, 1.54) is 0 Å². The van der Waals surface area contributed by atoms with Gasteiger partial charge in [0, 0.05) is 12.6 Å². The van der Waals surface area contributed by atoms with Gasteiger partial charge >= 0.3 is 5.97 Å². The minimum absolute atomic E-state index is 0.0106. The number of carbonyl (C=O) groups excluding carboxylic acids is 1. The largest absolute Gasteiger partial charge is 0.481 e. The summed E-state index contributed by atoms with van der Waals surface area (Å²) in [6.45, 7) is 5.01. The minimum Gasteiger partial charge on any atom is -0.481 e. The van der Waals surface area contributed by atoms with E-state index in [0.29, 0.717) is 6.54 Å². The molecule has 1 aliphatic rings. The van der Waals surface area contributed by atoms with Gasteiger partial charge in [0.1, 0.15) is 0 Å². The van der Waals surface area contributed by atoms with E-state index in [9.17, 15) is 9.59 Å². The smallest absolute Gasteiger partial charge is 0.305 e. The number of piperidine rings is 1. The fourth-order valence-electron chi connectivity index (χ4n) is 2.10. The summed E-state index contributed by atoms with van der Waals surface area (Å²) in [5, 5.41) is 11.9. The average molecular weight is 242 g/mol. The van der Waals surface area contributed by atoms with Crippen LogP contribution in [-0.4, -0.2) is 47.1 Å². The molecule has 1 saturated heterocycles. The molecule has 0 aromatic rings. The third-order valence-electron chi connectivity index (χ3n) is 3.08. The van der Waals surface area contributed by atoms with E-state index in [1.807, 2.05) is 13.8 Å². The molecule has 17 heavy (non-hydrogen) atoms. The second-order valence-corrected chi connectivity index (χ2v) is 4.77. The van der Waals surface area contributed by atoms with Crippen molar-refractivity contribution in [2.24, 2.45) is 0 Å². The van der Waals surface area contributed by atoms with Gasteiger partial charge in [-0.3, -0.25) is 9.59 Å². The molecule has 5 nitrogen and oxygen atoms in total. The Hall–Kier alpha value is -1.10. The van der Waals surface area contributed by atoms with Gasteiger partial charge in [-0.25, -0.2) is 0 Å². The first-order valence-corrected chi connectivity index (χ1v) is 6.28. The van der Waals surface area contributed by atoms with Crippen molar-refractivity contribution < 1.29 is 14.7 Å². The number of nitrogens with one attached hydrogen (secondary N) is 1. The second-order valence-electron chi connectivity index (χ2n) is 4.77. The second kappa shape index (κ2) is 6.59. The van der Waals surface area contributed by atoms with Gasteiger partial charge in [-0.05, 0) is 33.2 Å². The van der Waals surface area contributed by atoms with Crippen LogP contribution in [0.25, 0.3) is 0 Å². The summed E-state index contributed by atoms with van der Waals surface area (Å²) in [5.74, 6) is -0.819. The molecule has 1 atom stereocenters. The van der Waals surface area contributed by atoms with Gasteiger partial charge in [-0.2, -0.15) is 0 Å². The topological polar surface area (TPSA) is 69.6 Å². The summed E-state index contributed by atoms with van der Waals surface area (Å²) >= 11 is 0. The quantitative estimate of drug-likeness (QED) is 0.749. The Balaban J connectivity index is 2.55. The molecule has 1 aliphatic heterocycles. The predicted molar refractivity (Wildman–Crippen MR) is 64.7 cm³/mol. The van der Waals surface area contributed by atoms with Gasteiger partial charge in [0.05, 0.1) is 12.5 Å². The van der Waals surface area contributed by atoms with Crippen LogP contribution in [-0.2, 0) is 9.59 Å². The maximum absolute atomic E-state index is 12.2. The van der Waals surface area contributed by atoms with Crippen molar-refractivity contribution in [3.05, 3.63) is 0 Å². The summed E-state index contributed by atoms with van der Waals surface area (Å²) in [6, 6.07) is -0.0782. The fraction of sp³-hybridized carbons (Fsp3) is 0.833. The Morgan fingerprint density at radius 1 is 1.41 bits per heavy atom. The lowest BCUT2D eigenvalue weighted by Crippen LogP contribution is -2.51. The monoisotopic (exact) mass is 242 g/mol. The van der Waals surface area contributed by atoms with Gasteiger partial charge in [0.15, 0.2) is 0 Å². The number of hydrogen-bond acceptors (Lipinski definition) is 3. The van der Waals surface area contributed by atoms with Crippen LogP contribution in [0, 0.1) is 0 Å². The van der Waals surface area contributed by atoms with E-state index in [1.54, 1.807) is 4.90 Å². The summed E-state index contributed by atoms with van der Waals surface area (Å²) in [4.78, 5) is 24.5. The maximum Gasteiger partial charge on any atom is 0.305 e. The number of amides is 1. The molecule has 0 radical (unpaired) electrons. The highest BCUT2D eigenvalue weighted by Gasteiger charge is 2.27. The van der Waals surface area contributed by atoms with Crippen LogP contribution in [0.4, 0.5) is 0 Å². The molecule has 2 N–H and O–H groups in total. The van der Waals surface area contributed by atoms with Crippen LogP contribution in [0.1, 0.15) is 39.5 Å². The molecular weight excluding hydrogens is 220 g/mol. The van der Waals surface area contributed by atoms with Crippen molar-refractivity contribution in [1.29, 1.82) is 0 Å². The van der Waals surface area contributed by atoms with Crippen molar-refractivity contribution >= 4 is 11.9 Å². The summed E-state index contributed by atoms with van der Waals surface area (Å²) in [6.07, 6.45) is 3.04. The van der Waals surface area contributed by atoms with Crippen molar-refractivity contribution in [3.63, 3.8) is 0 Å². The molecule has 0 bridgehead atoms. The van der Waals surface area contributed by atoms with Gasteiger partial charge in [0.2, 0.25) is 5.91 Å². The molecule has 0 aromatic heterocycles. The zero-order chi connectivity index (χ0) is 12.8. The summed E-state index contributed by atoms with van der Waals surface area (Å²) in [7, 11) is 0. The average Bonchev–Trinajstić information content (AvgIpc) is 2.29. The molecule has 0 saturated carbocycles. The lowest BCUT2D eigenvalue weighted by molar-refractivity contribution is -0.140. The lowest BCUT2D eigenvalue weighted by Gasteiger charge is -2.32. The molecule has 98 valence electrons. The minimum atomic E-state index is -0.861. The summed E-state index contributed by atoms with van der Waals surface area (Å²) in [5.41, 5.74) is 0. The van der Waals surface area contributed by atoms with Gasteiger partial charge in [0.25, 0.3) is 0 Å². The molecular formula is C12H22N2O3. The standard InChI is InChI=1S/C12H22N2O3/c1-9(2)14(8-6-11(15)16)12(17)10-5-3-4-7-13-10/h9-10,13H,3-8H2,1-2H3,(H,15,16)/t10-/m0/s1. The van der Waals surface area contributed by atoms with Crippen LogP contribution in [0.15, 0.2) is 0 Å². The van der Waals surface area contributed by atoms with E-state index < -0.39 is 5.97 Å². The van der Waals surface area contributed by atoms with E-state index in [2.05, 4.69) is 5.32 Å². The number of carboxylic acids is 1. The van der Waals surface area contributed by atoms with E-state index in [0.717, 1.165) is 25.8 Å². The molecule has 1 rings (SSSR count). The summed E-state index contributed by atoms with van der Waals surface area (Å²) < 4.78 is 0. The zero-order valence-corrected chi connectivity index (χ0v) is 10.6. The molecule has 1 fully saturated rings. The molecule has 5 heteroatoms. The van der Waals surface area contributed by atoms with Crippen LogP contribution in [0.5, 0.6) is 0 Å². The first-order chi connectivity index (χ1) is 8.02.